The van der Waals surface area contributed by atoms with Crippen molar-refractivity contribution in [1.82, 2.24) is 15.0 Å². The Labute approximate surface area is 469 Å². The number of furan rings is 1. The van der Waals surface area contributed by atoms with Crippen LogP contribution in [0.5, 0.6) is 0 Å². The minimum absolute atomic E-state index is 0.630. The van der Waals surface area contributed by atoms with Gasteiger partial charge in [0.2, 0.25) is 0 Å². The lowest BCUT2D eigenvalue weighted by molar-refractivity contribution is 0.675. The van der Waals surface area contributed by atoms with Crippen molar-refractivity contribution in [2.24, 2.45) is 0 Å². The zero-order chi connectivity index (χ0) is 55.0. The molecule has 0 aliphatic carbocycles. The minimum Gasteiger partial charge on any atom is -0.457 e. The maximum absolute atomic E-state index is 7.34. The lowest BCUT2D eigenvalue weighted by atomic mass is 9.58. The maximum atomic E-state index is 7.34. The van der Waals surface area contributed by atoms with Gasteiger partial charge in [0.15, 0.2) is 17.5 Å². The molecule has 27 heteroatoms. The van der Waals surface area contributed by atoms with Crippen molar-refractivity contribution in [2.75, 3.05) is 4.90 Å². The zero-order valence-corrected chi connectivity index (χ0v) is 49.5. The molecule has 10 aromatic rings. The van der Waals surface area contributed by atoms with E-state index in [-0.39, 0.29) is 0 Å². The molecular formula is C49H54B22N4O. The van der Waals surface area contributed by atoms with E-state index in [2.05, 4.69) is 202 Å². The molecule has 0 aliphatic heterocycles. The highest BCUT2D eigenvalue weighted by atomic mass is 16.3. The zero-order valence-electron chi connectivity index (χ0n) is 49.5. The van der Waals surface area contributed by atoms with E-state index in [1.165, 1.54) is 137 Å². The van der Waals surface area contributed by atoms with Crippen LogP contribution in [0.2, 0.25) is 0 Å². The van der Waals surface area contributed by atoms with Crippen molar-refractivity contribution in [2.45, 2.75) is 0 Å². The number of hydrogen-bond acceptors (Lipinski definition) is 5. The molecule has 2 heterocycles. The predicted molar refractivity (Wildman–Crippen MR) is 401 cm³/mol. The van der Waals surface area contributed by atoms with E-state index in [1.807, 2.05) is 36.4 Å². The Morgan fingerprint density at radius 2 is 0.566 bits per heavy atom. The van der Waals surface area contributed by atoms with Gasteiger partial charge < -0.3 is 9.32 Å². The molecule has 0 aliphatic rings. The molecule has 2 aromatic heterocycles. The lowest BCUT2D eigenvalue weighted by Crippen LogP contribution is -2.58. The van der Waals surface area contributed by atoms with Crippen LogP contribution in [0.25, 0.3) is 78.0 Å². The first kappa shape index (κ1) is 53.5. The van der Waals surface area contributed by atoms with Crippen LogP contribution in [-0.2, 0) is 0 Å². The van der Waals surface area contributed by atoms with Crippen LogP contribution < -0.4 is 125 Å². The van der Waals surface area contributed by atoms with Crippen LogP contribution in [0.15, 0.2) is 65.1 Å². The average Bonchev–Trinajstić information content (AvgIpc) is 4.03. The third-order valence-electron chi connectivity index (χ3n) is 19.1. The van der Waals surface area contributed by atoms with Crippen LogP contribution in [0.4, 0.5) is 17.1 Å². The number of rotatable bonds is 7. The summed E-state index contributed by atoms with van der Waals surface area (Å²) in [5, 5.41) is 4.94. The molecule has 0 radical (unpaired) electrons. The summed E-state index contributed by atoms with van der Waals surface area (Å²) in [5.74, 6) is 1.89. The van der Waals surface area contributed by atoms with Crippen LogP contribution in [0.1, 0.15) is 0 Å². The van der Waals surface area contributed by atoms with Gasteiger partial charge in [0, 0.05) is 44.5 Å². The van der Waals surface area contributed by atoms with Crippen LogP contribution in [0.3, 0.4) is 0 Å². The summed E-state index contributed by atoms with van der Waals surface area (Å²) in [6, 6.07) is 20.6. The topological polar surface area (TPSA) is 55.1 Å². The molecule has 8 aromatic carbocycles. The van der Waals surface area contributed by atoms with Crippen LogP contribution in [0, 0.1) is 0 Å². The molecule has 0 fully saturated rings. The highest BCUT2D eigenvalue weighted by Crippen LogP contribution is 2.36. The highest BCUT2D eigenvalue weighted by molar-refractivity contribution is 6.75. The fourth-order valence-corrected chi connectivity index (χ4v) is 13.3. The summed E-state index contributed by atoms with van der Waals surface area (Å²) in [6.07, 6.45) is 0. The predicted octanol–water partition coefficient (Wildman–Crippen LogP) is -25.3. The summed E-state index contributed by atoms with van der Waals surface area (Å²) in [4.78, 5) is 18.8. The molecule has 0 amide bonds. The van der Waals surface area contributed by atoms with E-state index in [0.29, 0.717) is 17.5 Å². The summed E-state index contributed by atoms with van der Waals surface area (Å²) >= 11 is 0. The van der Waals surface area contributed by atoms with Gasteiger partial charge >= 0.3 is 0 Å². The summed E-state index contributed by atoms with van der Waals surface area (Å²) in [6.45, 7) is 0. The minimum atomic E-state index is 0.630. The number of hydrogen-bond donors (Lipinski definition) is 0. The van der Waals surface area contributed by atoms with Gasteiger partial charge in [-0.1, -0.05) is 154 Å². The fourth-order valence-electron chi connectivity index (χ4n) is 13.3. The quantitative estimate of drug-likeness (QED) is 0.149. The summed E-state index contributed by atoms with van der Waals surface area (Å²) in [5.41, 5.74) is 39.1. The maximum Gasteiger partial charge on any atom is 0.164 e. The van der Waals surface area contributed by atoms with E-state index >= 15 is 0 Å². The summed E-state index contributed by atoms with van der Waals surface area (Å²) in [7, 11) is 50.8. The number of fused-ring (bicyclic) bond motifs is 4. The fraction of sp³-hybridized carbons (Fsp3) is 0. The van der Waals surface area contributed by atoms with Crippen molar-refractivity contribution in [3.8, 4) is 45.3 Å². The molecule has 0 saturated heterocycles. The van der Waals surface area contributed by atoms with Gasteiger partial charge in [0.1, 0.15) is 184 Å². The molecule has 0 saturated carbocycles. The van der Waals surface area contributed by atoms with Crippen molar-refractivity contribution < 1.29 is 4.42 Å². The third-order valence-corrected chi connectivity index (χ3v) is 19.1. The molecule has 5 nitrogen and oxygen atoms in total. The first-order chi connectivity index (χ1) is 35.9. The molecule has 10 rings (SSSR count). The van der Waals surface area contributed by atoms with Crippen LogP contribution in [-0.4, -0.2) is 188 Å². The normalized spacial score (nSPS) is 11.5. The van der Waals surface area contributed by atoms with Gasteiger partial charge in [0.25, 0.3) is 0 Å². The Bertz CT molecular complexity index is 4100. The molecule has 76 heavy (non-hydrogen) atoms. The molecule has 0 unspecified atom stereocenters. The average molecular weight is 953 g/mol. The van der Waals surface area contributed by atoms with Crippen molar-refractivity contribution in [1.29, 1.82) is 0 Å². The molecule has 0 N–H and O–H groups in total. The number of benzene rings is 8. The van der Waals surface area contributed by atoms with Crippen molar-refractivity contribution in [3.63, 3.8) is 0 Å². The Morgan fingerprint density at radius 3 is 1.04 bits per heavy atom. The smallest absolute Gasteiger partial charge is 0.164 e. The second-order valence-corrected chi connectivity index (χ2v) is 22.6. The highest BCUT2D eigenvalue weighted by Gasteiger charge is 2.32. The van der Waals surface area contributed by atoms with Gasteiger partial charge in [-0.15, -0.1) is 21.9 Å². The summed E-state index contributed by atoms with van der Waals surface area (Å²) < 4.78 is 7.34. The second kappa shape index (κ2) is 19.5. The van der Waals surface area contributed by atoms with E-state index in [1.54, 1.807) is 0 Å². The molecule has 342 valence electrons. The standard InChI is InChI=1S/C49H54B22N4O/c50-20-14(28(58)45-13(18-26(56)31(61)35(65)41(71)46(18)76-45)19(20)49-73-47(11-7-3-1-4-8-11)72-48(74-49)12-9-5-2-6-10-12)15-23(53)37(67)43(38(68)24(15)54)75(44-39(69)33(63)32(62)34(64)40(44)70)42-27(57)17-16(25(55)36(42)66)21(51)29(59)30(60)22(17)52/h1-10H,50-71H2. The van der Waals surface area contributed by atoms with Gasteiger partial charge in [-0.3, -0.25) is 0 Å². The van der Waals surface area contributed by atoms with E-state index in [4.69, 9.17) is 19.4 Å². The van der Waals surface area contributed by atoms with Gasteiger partial charge in [-0.05, 0) is 27.4 Å². The Morgan fingerprint density at radius 1 is 0.250 bits per heavy atom. The first-order valence-electron chi connectivity index (χ1n) is 27.2. The number of aromatic nitrogens is 3. The van der Waals surface area contributed by atoms with Gasteiger partial charge in [-0.25, -0.2) is 15.0 Å². The van der Waals surface area contributed by atoms with Crippen molar-refractivity contribution >= 4 is 343 Å². The van der Waals surface area contributed by atoms with Gasteiger partial charge in [-0.2, -0.15) is 0 Å². The molecular weight excluding hydrogens is 898 g/mol. The molecule has 0 spiro atoms. The van der Waals surface area contributed by atoms with Crippen molar-refractivity contribution in [3.05, 3.63) is 60.7 Å². The molecule has 0 bridgehead atoms. The van der Waals surface area contributed by atoms with Crippen LogP contribution >= 0.6 is 0 Å². The largest absolute Gasteiger partial charge is 0.457 e. The number of nitrogens with zero attached hydrogens (tertiary/aromatic N) is 4. The van der Waals surface area contributed by atoms with E-state index in [0.717, 1.165) is 60.6 Å². The second-order valence-electron chi connectivity index (χ2n) is 22.6. The Kier molecular flexibility index (Phi) is 13.7. The van der Waals surface area contributed by atoms with E-state index < -0.39 is 0 Å². The Hall–Kier alpha value is -5.94. The van der Waals surface area contributed by atoms with E-state index in [9.17, 15) is 0 Å². The Balaban J connectivity index is 1.36. The monoisotopic (exact) mass is 957 g/mol. The third kappa shape index (κ3) is 7.80. The lowest BCUT2D eigenvalue weighted by Gasteiger charge is -2.39. The molecule has 0 atom stereocenters. The SMILES string of the molecule is Bc1c(B)c(B)c(N(c2c(B)c(B)c(-c3c(B)c(-c4nc(-c5ccccc5)nc(-c5ccccc5)n4)c4c(oc5c(B)c(B)c(B)c(B)c54)c3B)c(B)c2B)c2c(B)c(B)c3c(B)c(B)c(B)c(B)c3c2B)c(B)c1B. The number of anilines is 3. The van der Waals surface area contributed by atoms with Gasteiger partial charge in [0.05, 0.1) is 0 Å². The first-order valence-corrected chi connectivity index (χ1v) is 27.2.